The van der Waals surface area contributed by atoms with Crippen molar-refractivity contribution in [2.75, 3.05) is 0 Å². The molecule has 3 aliphatic carbocycles. The zero-order valence-electron chi connectivity index (χ0n) is 13.8. The van der Waals surface area contributed by atoms with Crippen LogP contribution < -0.4 is 0 Å². The standard InChI is InChI=1S/C19H31F3/c1-12-2-4-13(5-3-12)14-6-8-16(18(21)10-14)15-7-9-17(20)19(22)11-15/h12-19H,2-11H2,1H3. The lowest BCUT2D eigenvalue weighted by atomic mass is 9.65. The van der Waals surface area contributed by atoms with Crippen LogP contribution in [-0.4, -0.2) is 18.5 Å². The first-order valence-electron chi connectivity index (χ1n) is 9.46. The minimum absolute atomic E-state index is 0.00971. The molecule has 128 valence electrons. The van der Waals surface area contributed by atoms with Crippen molar-refractivity contribution in [1.29, 1.82) is 0 Å². The Morgan fingerprint density at radius 2 is 1.14 bits per heavy atom. The molecule has 0 bridgehead atoms. The molecule has 0 aromatic heterocycles. The summed E-state index contributed by atoms with van der Waals surface area (Å²) in [5.74, 6) is 2.16. The van der Waals surface area contributed by atoms with Crippen molar-refractivity contribution < 1.29 is 13.2 Å². The van der Waals surface area contributed by atoms with Crippen molar-refractivity contribution in [2.45, 2.75) is 89.6 Å². The highest BCUT2D eigenvalue weighted by Crippen LogP contribution is 2.46. The number of hydrogen-bond acceptors (Lipinski definition) is 0. The number of hydrogen-bond donors (Lipinski definition) is 0. The van der Waals surface area contributed by atoms with Crippen molar-refractivity contribution in [1.82, 2.24) is 0 Å². The topological polar surface area (TPSA) is 0 Å². The molecule has 6 atom stereocenters. The lowest BCUT2D eigenvalue weighted by molar-refractivity contribution is 0.00676. The van der Waals surface area contributed by atoms with Crippen LogP contribution in [0.5, 0.6) is 0 Å². The van der Waals surface area contributed by atoms with Crippen LogP contribution in [0.1, 0.15) is 71.1 Å². The Morgan fingerprint density at radius 3 is 1.77 bits per heavy atom. The second kappa shape index (κ2) is 7.13. The number of alkyl halides is 3. The van der Waals surface area contributed by atoms with Crippen molar-refractivity contribution in [2.24, 2.45) is 29.6 Å². The molecule has 0 nitrogen and oxygen atoms in total. The Morgan fingerprint density at radius 1 is 0.545 bits per heavy atom. The van der Waals surface area contributed by atoms with Crippen molar-refractivity contribution in [3.05, 3.63) is 0 Å². The van der Waals surface area contributed by atoms with Gasteiger partial charge in [0.1, 0.15) is 18.5 Å². The van der Waals surface area contributed by atoms with Crippen LogP contribution in [0.4, 0.5) is 13.2 Å². The van der Waals surface area contributed by atoms with Crippen LogP contribution in [0.15, 0.2) is 0 Å². The van der Waals surface area contributed by atoms with Crippen molar-refractivity contribution >= 4 is 0 Å². The van der Waals surface area contributed by atoms with Crippen molar-refractivity contribution in [3.63, 3.8) is 0 Å². The third-order valence-corrected chi connectivity index (χ3v) is 6.93. The summed E-state index contributed by atoms with van der Waals surface area (Å²) in [5, 5.41) is 0. The van der Waals surface area contributed by atoms with Gasteiger partial charge < -0.3 is 0 Å². The second-order valence-corrected chi connectivity index (χ2v) is 8.38. The summed E-state index contributed by atoms with van der Waals surface area (Å²) in [4.78, 5) is 0. The quantitative estimate of drug-likeness (QED) is 0.582. The van der Waals surface area contributed by atoms with E-state index in [2.05, 4.69) is 6.92 Å². The van der Waals surface area contributed by atoms with E-state index in [9.17, 15) is 13.2 Å². The summed E-state index contributed by atoms with van der Waals surface area (Å²) in [6, 6.07) is 0. The van der Waals surface area contributed by atoms with E-state index in [1.807, 2.05) is 0 Å². The Kier molecular flexibility index (Phi) is 5.39. The maximum atomic E-state index is 14.7. The summed E-state index contributed by atoms with van der Waals surface area (Å²) >= 11 is 0. The van der Waals surface area contributed by atoms with Gasteiger partial charge in [-0.2, -0.15) is 0 Å². The largest absolute Gasteiger partial charge is 0.247 e. The second-order valence-electron chi connectivity index (χ2n) is 8.38. The van der Waals surface area contributed by atoms with E-state index in [4.69, 9.17) is 0 Å². The molecule has 3 heteroatoms. The van der Waals surface area contributed by atoms with E-state index in [1.54, 1.807) is 0 Å². The molecule has 0 amide bonds. The molecule has 0 spiro atoms. The maximum Gasteiger partial charge on any atom is 0.131 e. The molecule has 0 aromatic carbocycles. The van der Waals surface area contributed by atoms with Gasteiger partial charge in [0, 0.05) is 0 Å². The molecule has 3 rings (SSSR count). The highest BCUT2D eigenvalue weighted by molar-refractivity contribution is 4.91. The summed E-state index contributed by atoms with van der Waals surface area (Å²) < 4.78 is 41.6. The van der Waals surface area contributed by atoms with Crippen LogP contribution >= 0.6 is 0 Å². The lowest BCUT2D eigenvalue weighted by Gasteiger charge is -2.42. The number of rotatable bonds is 2. The van der Waals surface area contributed by atoms with Crippen LogP contribution in [0, 0.1) is 29.6 Å². The van der Waals surface area contributed by atoms with Crippen molar-refractivity contribution in [3.8, 4) is 0 Å². The van der Waals surface area contributed by atoms with E-state index < -0.39 is 18.5 Å². The van der Waals surface area contributed by atoms with E-state index in [-0.39, 0.29) is 18.3 Å². The van der Waals surface area contributed by atoms with E-state index in [1.165, 1.54) is 25.7 Å². The molecular formula is C19H31F3. The zero-order valence-corrected chi connectivity index (χ0v) is 13.8. The van der Waals surface area contributed by atoms with Gasteiger partial charge in [-0.05, 0) is 81.0 Å². The molecule has 0 aliphatic heterocycles. The van der Waals surface area contributed by atoms with Crippen LogP contribution in [0.2, 0.25) is 0 Å². The molecule has 3 fully saturated rings. The molecular weight excluding hydrogens is 285 g/mol. The van der Waals surface area contributed by atoms with E-state index in [0.717, 1.165) is 18.8 Å². The predicted molar refractivity (Wildman–Crippen MR) is 84.0 cm³/mol. The van der Waals surface area contributed by atoms with Gasteiger partial charge in [-0.1, -0.05) is 19.8 Å². The molecule has 6 unspecified atom stereocenters. The Hall–Kier alpha value is -0.210. The van der Waals surface area contributed by atoms with Gasteiger partial charge in [-0.15, -0.1) is 0 Å². The minimum atomic E-state index is -1.36. The minimum Gasteiger partial charge on any atom is -0.247 e. The fraction of sp³-hybridized carbons (Fsp3) is 1.00. The zero-order chi connectivity index (χ0) is 15.7. The highest BCUT2D eigenvalue weighted by Gasteiger charge is 2.42. The van der Waals surface area contributed by atoms with Gasteiger partial charge in [0.25, 0.3) is 0 Å². The monoisotopic (exact) mass is 316 g/mol. The first kappa shape index (κ1) is 16.6. The molecule has 0 N–H and O–H groups in total. The maximum absolute atomic E-state index is 14.7. The molecule has 0 radical (unpaired) electrons. The van der Waals surface area contributed by atoms with Gasteiger partial charge in [0.15, 0.2) is 0 Å². The first-order chi connectivity index (χ1) is 10.5. The number of halogens is 3. The van der Waals surface area contributed by atoms with E-state index >= 15 is 0 Å². The Bertz CT molecular complexity index is 351. The average Bonchev–Trinajstić information content (AvgIpc) is 2.51. The van der Waals surface area contributed by atoms with Gasteiger partial charge in [0.2, 0.25) is 0 Å². The van der Waals surface area contributed by atoms with Gasteiger partial charge in [0.05, 0.1) is 0 Å². The normalized spacial score (nSPS) is 50.7. The van der Waals surface area contributed by atoms with Crippen LogP contribution in [-0.2, 0) is 0 Å². The highest BCUT2D eigenvalue weighted by atomic mass is 19.2. The fourth-order valence-corrected chi connectivity index (χ4v) is 5.38. The van der Waals surface area contributed by atoms with Crippen LogP contribution in [0.3, 0.4) is 0 Å². The Labute approximate surface area is 133 Å². The van der Waals surface area contributed by atoms with Crippen LogP contribution in [0.25, 0.3) is 0 Å². The lowest BCUT2D eigenvalue weighted by Crippen LogP contribution is -2.39. The third kappa shape index (κ3) is 3.64. The van der Waals surface area contributed by atoms with Gasteiger partial charge in [-0.25, -0.2) is 13.2 Å². The average molecular weight is 316 g/mol. The summed E-state index contributed by atoms with van der Waals surface area (Å²) in [6.45, 7) is 2.32. The molecule has 3 saturated carbocycles. The molecule has 22 heavy (non-hydrogen) atoms. The first-order valence-corrected chi connectivity index (χ1v) is 9.46. The molecule has 0 saturated heterocycles. The SMILES string of the molecule is CC1CCC(C2CCC(C3CCC(F)C(F)C3)C(F)C2)CC1. The third-order valence-electron chi connectivity index (χ3n) is 6.93. The molecule has 0 heterocycles. The summed E-state index contributed by atoms with van der Waals surface area (Å²) in [6.07, 6.45) is 5.57. The van der Waals surface area contributed by atoms with E-state index in [0.29, 0.717) is 31.1 Å². The summed E-state index contributed by atoms with van der Waals surface area (Å²) in [7, 11) is 0. The molecule has 3 aliphatic rings. The fourth-order valence-electron chi connectivity index (χ4n) is 5.38. The molecule has 0 aromatic rings. The smallest absolute Gasteiger partial charge is 0.131 e. The predicted octanol–water partition coefficient (Wildman–Crippen LogP) is 6.04. The summed E-state index contributed by atoms with van der Waals surface area (Å²) in [5.41, 5.74) is 0. The Balaban J connectivity index is 1.52. The van der Waals surface area contributed by atoms with Gasteiger partial charge in [-0.3, -0.25) is 0 Å². The van der Waals surface area contributed by atoms with Gasteiger partial charge >= 0.3 is 0 Å².